The lowest BCUT2D eigenvalue weighted by atomic mass is 10.3. The Labute approximate surface area is 93.4 Å². The van der Waals surface area contributed by atoms with E-state index >= 15 is 0 Å². The summed E-state index contributed by atoms with van der Waals surface area (Å²) in [5, 5.41) is 13.5. The molecule has 0 aliphatic carbocycles. The maximum Gasteiger partial charge on any atom is 0.276 e. The summed E-state index contributed by atoms with van der Waals surface area (Å²) in [5.41, 5.74) is 5.41. The van der Waals surface area contributed by atoms with Crippen LogP contribution in [0.25, 0.3) is 0 Å². The zero-order valence-corrected chi connectivity index (χ0v) is 9.30. The Kier molecular flexibility index (Phi) is 4.01. The van der Waals surface area contributed by atoms with Gasteiger partial charge in [-0.05, 0) is 14.1 Å². The van der Waals surface area contributed by atoms with Crippen LogP contribution in [0.2, 0.25) is 0 Å². The van der Waals surface area contributed by atoms with Crippen LogP contribution in [0.4, 0.5) is 17.3 Å². The second-order valence-corrected chi connectivity index (χ2v) is 3.62. The molecule has 7 heteroatoms. The molecule has 0 bridgehead atoms. The fourth-order valence-corrected chi connectivity index (χ4v) is 1.14. The van der Waals surface area contributed by atoms with Gasteiger partial charge in [-0.2, -0.15) is 0 Å². The zero-order valence-electron chi connectivity index (χ0n) is 9.30. The molecule has 88 valence electrons. The van der Waals surface area contributed by atoms with Gasteiger partial charge in [0, 0.05) is 13.1 Å². The Morgan fingerprint density at radius 3 is 2.81 bits per heavy atom. The van der Waals surface area contributed by atoms with E-state index in [1.165, 1.54) is 12.1 Å². The monoisotopic (exact) mass is 225 g/mol. The number of nitro groups is 1. The third kappa shape index (κ3) is 3.70. The largest absolute Gasteiger partial charge is 0.383 e. The molecule has 0 amide bonds. The minimum absolute atomic E-state index is 0.0557. The first-order valence-electron chi connectivity index (χ1n) is 4.79. The first kappa shape index (κ1) is 12.2. The van der Waals surface area contributed by atoms with E-state index in [1.807, 2.05) is 19.0 Å². The molecule has 0 aromatic carbocycles. The highest BCUT2D eigenvalue weighted by atomic mass is 16.6. The molecule has 1 aromatic heterocycles. The minimum Gasteiger partial charge on any atom is -0.383 e. The van der Waals surface area contributed by atoms with E-state index in [-0.39, 0.29) is 11.5 Å². The molecule has 0 fully saturated rings. The fourth-order valence-electron chi connectivity index (χ4n) is 1.14. The summed E-state index contributed by atoms with van der Waals surface area (Å²) in [6, 6.07) is 2.60. The van der Waals surface area contributed by atoms with Crippen LogP contribution in [0, 0.1) is 10.1 Å². The number of nitrogens with two attached hydrogens (primary N) is 1. The molecule has 16 heavy (non-hydrogen) atoms. The molecule has 1 rings (SSSR count). The molecular weight excluding hydrogens is 210 g/mol. The number of likely N-dealkylation sites (N-methyl/N-ethyl adjacent to an activating group) is 1. The normalized spacial score (nSPS) is 10.4. The van der Waals surface area contributed by atoms with Gasteiger partial charge < -0.3 is 16.0 Å². The topological polar surface area (TPSA) is 97.3 Å². The van der Waals surface area contributed by atoms with Gasteiger partial charge in [-0.25, -0.2) is 4.98 Å². The number of nitrogen functional groups attached to an aromatic ring is 1. The summed E-state index contributed by atoms with van der Waals surface area (Å²) in [6.07, 6.45) is 0. The molecule has 0 atom stereocenters. The van der Waals surface area contributed by atoms with Crippen molar-refractivity contribution in [2.24, 2.45) is 0 Å². The molecule has 0 aliphatic rings. The summed E-state index contributed by atoms with van der Waals surface area (Å²) in [4.78, 5) is 16.0. The smallest absolute Gasteiger partial charge is 0.276 e. The summed E-state index contributed by atoms with van der Waals surface area (Å²) in [6.45, 7) is 1.46. The maximum absolute atomic E-state index is 10.6. The van der Waals surface area contributed by atoms with Crippen LogP contribution in [0.5, 0.6) is 0 Å². The van der Waals surface area contributed by atoms with Crippen molar-refractivity contribution in [3.05, 3.63) is 22.2 Å². The third-order valence-corrected chi connectivity index (χ3v) is 1.91. The van der Waals surface area contributed by atoms with Crippen LogP contribution < -0.4 is 11.1 Å². The Morgan fingerprint density at radius 1 is 1.56 bits per heavy atom. The van der Waals surface area contributed by atoms with E-state index < -0.39 is 4.92 Å². The number of nitrogens with one attached hydrogen (secondary N) is 1. The van der Waals surface area contributed by atoms with Crippen LogP contribution in [-0.4, -0.2) is 42.0 Å². The summed E-state index contributed by atoms with van der Waals surface area (Å²) in [7, 11) is 3.88. The number of hydrogen-bond donors (Lipinski definition) is 2. The highest BCUT2D eigenvalue weighted by Gasteiger charge is 2.09. The molecule has 0 saturated heterocycles. The quantitative estimate of drug-likeness (QED) is 0.561. The first-order chi connectivity index (χ1) is 7.49. The highest BCUT2D eigenvalue weighted by molar-refractivity contribution is 5.52. The highest BCUT2D eigenvalue weighted by Crippen LogP contribution is 2.18. The van der Waals surface area contributed by atoms with Crippen LogP contribution in [0.1, 0.15) is 0 Å². The Hall–Kier alpha value is -1.89. The van der Waals surface area contributed by atoms with Gasteiger partial charge in [-0.15, -0.1) is 0 Å². The van der Waals surface area contributed by atoms with Crippen molar-refractivity contribution in [3.8, 4) is 0 Å². The zero-order chi connectivity index (χ0) is 12.1. The molecule has 3 N–H and O–H groups in total. The van der Waals surface area contributed by atoms with Crippen LogP contribution in [0.15, 0.2) is 12.1 Å². The van der Waals surface area contributed by atoms with E-state index in [2.05, 4.69) is 10.3 Å². The Balaban J connectivity index is 2.69. The molecule has 0 spiro atoms. The third-order valence-electron chi connectivity index (χ3n) is 1.91. The average Bonchev–Trinajstić information content (AvgIpc) is 2.16. The molecule has 1 heterocycles. The van der Waals surface area contributed by atoms with Crippen LogP contribution in [-0.2, 0) is 0 Å². The molecule has 0 saturated carbocycles. The summed E-state index contributed by atoms with van der Waals surface area (Å²) >= 11 is 0. The van der Waals surface area contributed by atoms with Crippen molar-refractivity contribution < 1.29 is 4.92 Å². The average molecular weight is 225 g/mol. The number of rotatable bonds is 5. The molecule has 0 unspecified atom stereocenters. The summed E-state index contributed by atoms with van der Waals surface area (Å²) < 4.78 is 0. The first-order valence-corrected chi connectivity index (χ1v) is 4.79. The predicted molar refractivity (Wildman–Crippen MR) is 62.3 cm³/mol. The van der Waals surface area contributed by atoms with Gasteiger partial charge in [-0.1, -0.05) is 0 Å². The van der Waals surface area contributed by atoms with Gasteiger partial charge in [-0.3, -0.25) is 10.1 Å². The van der Waals surface area contributed by atoms with Crippen molar-refractivity contribution in [3.63, 3.8) is 0 Å². The van der Waals surface area contributed by atoms with Gasteiger partial charge in [0.15, 0.2) is 0 Å². The SMILES string of the molecule is CN(C)CCNc1cc([N+](=O)[O-])cc(N)n1. The van der Waals surface area contributed by atoms with Crippen molar-refractivity contribution in [2.45, 2.75) is 0 Å². The fraction of sp³-hybridized carbons (Fsp3) is 0.444. The molecular formula is C9H15N5O2. The molecule has 1 aromatic rings. The number of nitrogens with zero attached hydrogens (tertiary/aromatic N) is 3. The number of pyridine rings is 1. The van der Waals surface area contributed by atoms with Crippen molar-refractivity contribution in [1.29, 1.82) is 0 Å². The van der Waals surface area contributed by atoms with Gasteiger partial charge in [0.05, 0.1) is 17.1 Å². The predicted octanol–water partition coefficient (Wildman–Crippen LogP) is 0.545. The van der Waals surface area contributed by atoms with Crippen LogP contribution >= 0.6 is 0 Å². The van der Waals surface area contributed by atoms with E-state index in [9.17, 15) is 10.1 Å². The second-order valence-electron chi connectivity index (χ2n) is 3.62. The van der Waals surface area contributed by atoms with Crippen LogP contribution in [0.3, 0.4) is 0 Å². The lowest BCUT2D eigenvalue weighted by molar-refractivity contribution is -0.384. The lowest BCUT2D eigenvalue weighted by Crippen LogP contribution is -2.21. The summed E-state index contributed by atoms with van der Waals surface area (Å²) in [5.74, 6) is 0.565. The standard InChI is InChI=1S/C9H15N5O2/c1-13(2)4-3-11-9-6-7(14(15)16)5-8(10)12-9/h5-6H,3-4H2,1-2H3,(H3,10,11,12). The number of aromatic nitrogens is 1. The number of hydrogen-bond acceptors (Lipinski definition) is 6. The van der Waals surface area contributed by atoms with Gasteiger partial charge in [0.25, 0.3) is 5.69 Å². The Morgan fingerprint density at radius 2 is 2.25 bits per heavy atom. The van der Waals surface area contributed by atoms with E-state index in [0.717, 1.165) is 6.54 Å². The Bertz CT molecular complexity index is 380. The number of anilines is 2. The molecule has 0 aliphatic heterocycles. The molecule has 0 radical (unpaired) electrons. The van der Waals surface area contributed by atoms with E-state index in [4.69, 9.17) is 5.73 Å². The van der Waals surface area contributed by atoms with E-state index in [0.29, 0.717) is 12.4 Å². The van der Waals surface area contributed by atoms with Gasteiger partial charge in [0.2, 0.25) is 0 Å². The molecule has 7 nitrogen and oxygen atoms in total. The van der Waals surface area contributed by atoms with Gasteiger partial charge in [0.1, 0.15) is 11.6 Å². The van der Waals surface area contributed by atoms with Crippen molar-refractivity contribution >= 4 is 17.3 Å². The van der Waals surface area contributed by atoms with E-state index in [1.54, 1.807) is 0 Å². The second kappa shape index (κ2) is 5.26. The van der Waals surface area contributed by atoms with Gasteiger partial charge >= 0.3 is 0 Å². The maximum atomic E-state index is 10.6. The minimum atomic E-state index is -0.491. The van der Waals surface area contributed by atoms with Crippen molar-refractivity contribution in [2.75, 3.05) is 38.2 Å². The van der Waals surface area contributed by atoms with Crippen molar-refractivity contribution in [1.82, 2.24) is 9.88 Å². The lowest BCUT2D eigenvalue weighted by Gasteiger charge is -2.10.